The smallest absolute Gasteiger partial charge is 0.0288 e. The molecule has 162 valence electrons. The maximum atomic E-state index is 3.87. The number of aryl methyl sites for hydroxylation is 1. The fraction of sp³-hybridized carbons (Fsp3) is 0.769. The van der Waals surface area contributed by atoms with Crippen LogP contribution in [0.15, 0.2) is 6.07 Å². The third-order valence-electron chi connectivity index (χ3n) is 5.99. The highest BCUT2D eigenvalue weighted by molar-refractivity contribution is 9.08. The van der Waals surface area contributed by atoms with Crippen molar-refractivity contribution in [1.82, 2.24) is 0 Å². The molecule has 28 heavy (non-hydrogen) atoms. The van der Waals surface area contributed by atoms with Crippen molar-refractivity contribution in [3.05, 3.63) is 33.9 Å². The maximum Gasteiger partial charge on any atom is 0.0288 e. The molecule has 1 aromatic carbocycles. The summed E-state index contributed by atoms with van der Waals surface area (Å²) in [6.07, 6.45) is 20.0. The first-order chi connectivity index (χ1) is 13.7. The number of unbranched alkanes of at least 4 members (excludes halogenated alkanes) is 9. The Morgan fingerprint density at radius 1 is 0.500 bits per heavy atom. The van der Waals surface area contributed by atoms with E-state index in [4.69, 9.17) is 0 Å². The molecule has 0 bridgehead atoms. The van der Waals surface area contributed by atoms with E-state index in [9.17, 15) is 0 Å². The molecule has 0 spiro atoms. The van der Waals surface area contributed by atoms with E-state index >= 15 is 0 Å². The highest BCUT2D eigenvalue weighted by Crippen LogP contribution is 2.31. The lowest BCUT2D eigenvalue weighted by Crippen LogP contribution is -2.08. The Kier molecular flexibility index (Phi) is 15.8. The lowest BCUT2D eigenvalue weighted by molar-refractivity contribution is 0.644. The maximum absolute atomic E-state index is 3.87. The summed E-state index contributed by atoms with van der Waals surface area (Å²) in [6, 6.07) is 2.54. The normalized spacial score (nSPS) is 11.3. The monoisotopic (exact) mass is 514 g/mol. The van der Waals surface area contributed by atoms with Gasteiger partial charge in [0.2, 0.25) is 0 Å². The lowest BCUT2D eigenvalue weighted by atomic mass is 9.85. The van der Waals surface area contributed by atoms with Crippen LogP contribution in [0.4, 0.5) is 0 Å². The van der Waals surface area contributed by atoms with Gasteiger partial charge in [0.05, 0.1) is 0 Å². The zero-order valence-electron chi connectivity index (χ0n) is 18.9. The van der Waals surface area contributed by atoms with Crippen LogP contribution in [0.1, 0.15) is 126 Å². The predicted octanol–water partition coefficient (Wildman–Crippen LogP) is 9.84. The summed E-state index contributed by atoms with van der Waals surface area (Å²) in [5, 5.41) is 2.02. The van der Waals surface area contributed by atoms with Crippen molar-refractivity contribution in [2.24, 2.45) is 0 Å². The minimum Gasteiger partial charge on any atom is -0.0876 e. The van der Waals surface area contributed by atoms with E-state index in [0.717, 1.165) is 10.7 Å². The van der Waals surface area contributed by atoms with E-state index in [2.05, 4.69) is 58.7 Å². The highest BCUT2D eigenvalue weighted by Gasteiger charge is 2.16. The van der Waals surface area contributed by atoms with E-state index in [-0.39, 0.29) is 0 Å². The summed E-state index contributed by atoms with van der Waals surface area (Å²) in [7, 11) is 0. The molecular weight excluding hydrogens is 472 g/mol. The van der Waals surface area contributed by atoms with Gasteiger partial charge in [-0.15, -0.1) is 0 Å². The van der Waals surface area contributed by atoms with Gasteiger partial charge in [-0.05, 0) is 66.3 Å². The standard InChI is InChI=1S/C26H44Br2/c1-4-7-10-13-16-22-19-23(20-27)24(17-14-11-8-5-2)25(26(22)21-28)18-15-12-9-6-3/h19H,4-18,20-21H2,1-3H3. The predicted molar refractivity (Wildman–Crippen MR) is 135 cm³/mol. The summed E-state index contributed by atoms with van der Waals surface area (Å²) in [5.74, 6) is 0. The number of hydrogen-bond acceptors (Lipinski definition) is 0. The molecule has 0 heterocycles. The van der Waals surface area contributed by atoms with Crippen LogP contribution in [0.25, 0.3) is 0 Å². The van der Waals surface area contributed by atoms with Crippen molar-refractivity contribution in [2.45, 2.75) is 128 Å². The van der Waals surface area contributed by atoms with Gasteiger partial charge in [0.25, 0.3) is 0 Å². The number of rotatable bonds is 17. The van der Waals surface area contributed by atoms with Crippen LogP contribution >= 0.6 is 31.9 Å². The van der Waals surface area contributed by atoms with Crippen LogP contribution in [-0.2, 0) is 29.9 Å². The molecule has 0 saturated heterocycles. The van der Waals surface area contributed by atoms with Crippen LogP contribution in [0.2, 0.25) is 0 Å². The second kappa shape index (κ2) is 16.9. The molecule has 0 radical (unpaired) electrons. The Morgan fingerprint density at radius 3 is 1.46 bits per heavy atom. The Balaban J connectivity index is 3.10. The molecule has 0 fully saturated rings. The lowest BCUT2D eigenvalue weighted by Gasteiger charge is -2.22. The average Bonchev–Trinajstić information content (AvgIpc) is 2.72. The molecule has 0 aliphatic carbocycles. The molecule has 0 atom stereocenters. The second-order valence-corrected chi connectivity index (χ2v) is 9.45. The number of halogens is 2. The molecular formula is C26H44Br2. The van der Waals surface area contributed by atoms with Gasteiger partial charge in [-0.1, -0.05) is 116 Å². The largest absolute Gasteiger partial charge is 0.0876 e. The first-order valence-electron chi connectivity index (χ1n) is 12.0. The molecule has 1 aromatic rings. The Hall–Kier alpha value is 0.180. The Labute approximate surface area is 192 Å². The molecule has 0 aromatic heterocycles. The summed E-state index contributed by atoms with van der Waals surface area (Å²) < 4.78 is 0. The molecule has 0 saturated carbocycles. The summed E-state index contributed by atoms with van der Waals surface area (Å²) >= 11 is 7.69. The van der Waals surface area contributed by atoms with E-state index in [1.54, 1.807) is 27.8 Å². The first kappa shape index (κ1) is 26.2. The number of benzene rings is 1. The number of alkyl halides is 2. The third-order valence-corrected chi connectivity index (χ3v) is 7.16. The van der Waals surface area contributed by atoms with Crippen LogP contribution in [-0.4, -0.2) is 0 Å². The van der Waals surface area contributed by atoms with Crippen molar-refractivity contribution in [2.75, 3.05) is 0 Å². The van der Waals surface area contributed by atoms with Gasteiger partial charge in [0.15, 0.2) is 0 Å². The van der Waals surface area contributed by atoms with Crippen molar-refractivity contribution in [1.29, 1.82) is 0 Å². The van der Waals surface area contributed by atoms with E-state index in [0.29, 0.717) is 0 Å². The summed E-state index contributed by atoms with van der Waals surface area (Å²) in [5.41, 5.74) is 8.19. The van der Waals surface area contributed by atoms with Crippen LogP contribution in [0, 0.1) is 0 Å². The van der Waals surface area contributed by atoms with Crippen LogP contribution < -0.4 is 0 Å². The van der Waals surface area contributed by atoms with Crippen molar-refractivity contribution in [3.63, 3.8) is 0 Å². The fourth-order valence-corrected chi connectivity index (χ4v) is 5.47. The van der Waals surface area contributed by atoms with E-state index in [1.165, 1.54) is 96.3 Å². The quantitative estimate of drug-likeness (QED) is 0.143. The first-order valence-corrected chi connectivity index (χ1v) is 14.2. The zero-order chi connectivity index (χ0) is 20.6. The fourth-order valence-electron chi connectivity index (χ4n) is 4.28. The average molecular weight is 516 g/mol. The van der Waals surface area contributed by atoms with E-state index in [1.807, 2.05) is 0 Å². The Bertz CT molecular complexity index is 522. The molecule has 0 unspecified atom stereocenters. The molecule has 0 amide bonds. The molecule has 0 aliphatic rings. The van der Waals surface area contributed by atoms with Gasteiger partial charge in [-0.2, -0.15) is 0 Å². The zero-order valence-corrected chi connectivity index (χ0v) is 22.0. The molecule has 0 N–H and O–H groups in total. The van der Waals surface area contributed by atoms with E-state index < -0.39 is 0 Å². The van der Waals surface area contributed by atoms with Gasteiger partial charge in [-0.3, -0.25) is 0 Å². The summed E-state index contributed by atoms with van der Waals surface area (Å²) in [4.78, 5) is 0. The van der Waals surface area contributed by atoms with Gasteiger partial charge >= 0.3 is 0 Å². The van der Waals surface area contributed by atoms with Gasteiger partial charge < -0.3 is 0 Å². The molecule has 1 rings (SSSR count). The highest BCUT2D eigenvalue weighted by atomic mass is 79.9. The minimum atomic E-state index is 1.00. The van der Waals surface area contributed by atoms with Crippen LogP contribution in [0.3, 0.4) is 0 Å². The molecule has 2 heteroatoms. The van der Waals surface area contributed by atoms with Gasteiger partial charge in [0.1, 0.15) is 0 Å². The van der Waals surface area contributed by atoms with Gasteiger partial charge in [-0.25, -0.2) is 0 Å². The van der Waals surface area contributed by atoms with Gasteiger partial charge in [0, 0.05) is 10.7 Å². The minimum absolute atomic E-state index is 1.00. The van der Waals surface area contributed by atoms with Crippen molar-refractivity contribution >= 4 is 31.9 Å². The Morgan fingerprint density at radius 2 is 1.00 bits per heavy atom. The topological polar surface area (TPSA) is 0 Å². The summed E-state index contributed by atoms with van der Waals surface area (Å²) in [6.45, 7) is 6.91. The van der Waals surface area contributed by atoms with Crippen molar-refractivity contribution < 1.29 is 0 Å². The second-order valence-electron chi connectivity index (χ2n) is 8.33. The SMILES string of the molecule is CCCCCCc1cc(CBr)c(CCCCCC)c(CCCCCC)c1CBr. The molecule has 0 nitrogen and oxygen atoms in total. The number of hydrogen-bond donors (Lipinski definition) is 0. The molecule has 0 aliphatic heterocycles. The van der Waals surface area contributed by atoms with Crippen LogP contribution in [0.5, 0.6) is 0 Å². The van der Waals surface area contributed by atoms with Crippen molar-refractivity contribution in [3.8, 4) is 0 Å². The third kappa shape index (κ3) is 9.33.